The third-order valence-electron chi connectivity index (χ3n) is 3.00. The molecule has 0 spiro atoms. The van der Waals surface area contributed by atoms with Crippen LogP contribution in [0.15, 0.2) is 28.7 Å². The average molecular weight is 279 g/mol. The highest BCUT2D eigenvalue weighted by atomic mass is 35.5. The molecule has 1 aromatic heterocycles. The van der Waals surface area contributed by atoms with E-state index in [-0.39, 0.29) is 11.7 Å². The topological polar surface area (TPSA) is 39.4 Å². The van der Waals surface area contributed by atoms with Gasteiger partial charge in [0.25, 0.3) is 0 Å². The van der Waals surface area contributed by atoms with Crippen LogP contribution in [0.2, 0.25) is 0 Å². The second kappa shape index (κ2) is 5.49. The average Bonchev–Trinajstić information content (AvgIpc) is 2.89. The van der Waals surface area contributed by atoms with Crippen LogP contribution in [0.25, 0.3) is 0 Å². The maximum Gasteiger partial charge on any atom is 0.228 e. The van der Waals surface area contributed by atoms with Gasteiger partial charge < -0.3 is 9.15 Å². The second-order valence-electron chi connectivity index (χ2n) is 4.37. The van der Waals surface area contributed by atoms with Gasteiger partial charge in [0.2, 0.25) is 5.78 Å². The minimum absolute atomic E-state index is 0.139. The summed E-state index contributed by atoms with van der Waals surface area (Å²) < 4.78 is 10.6. The molecule has 19 heavy (non-hydrogen) atoms. The van der Waals surface area contributed by atoms with Gasteiger partial charge in [0.05, 0.1) is 13.0 Å². The van der Waals surface area contributed by atoms with Crippen LogP contribution in [0.3, 0.4) is 0 Å². The molecule has 1 aromatic carbocycles. The zero-order valence-electron chi connectivity index (χ0n) is 11.1. The number of aryl methyl sites for hydroxylation is 2. The summed E-state index contributed by atoms with van der Waals surface area (Å²) in [6.07, 6.45) is 0. The van der Waals surface area contributed by atoms with Gasteiger partial charge in [-0.15, -0.1) is 11.6 Å². The number of benzene rings is 1. The Morgan fingerprint density at radius 2 is 2.00 bits per heavy atom. The molecule has 4 heteroatoms. The largest absolute Gasteiger partial charge is 0.496 e. The summed E-state index contributed by atoms with van der Waals surface area (Å²) in [6.45, 7) is 3.78. The fraction of sp³-hybridized carbons (Fsp3) is 0.267. The summed E-state index contributed by atoms with van der Waals surface area (Å²) in [4.78, 5) is 12.4. The molecule has 0 aliphatic heterocycles. The third-order valence-corrected chi connectivity index (χ3v) is 3.27. The van der Waals surface area contributed by atoms with Gasteiger partial charge in [-0.25, -0.2) is 0 Å². The number of alkyl halides is 1. The molecule has 3 nitrogen and oxygen atoms in total. The van der Waals surface area contributed by atoms with Crippen molar-refractivity contribution in [1.82, 2.24) is 0 Å². The molecule has 100 valence electrons. The first-order valence-electron chi connectivity index (χ1n) is 5.91. The van der Waals surface area contributed by atoms with Crippen molar-refractivity contribution in [3.63, 3.8) is 0 Å². The van der Waals surface area contributed by atoms with E-state index < -0.39 is 0 Å². The van der Waals surface area contributed by atoms with E-state index in [0.717, 1.165) is 16.9 Å². The number of carbonyl (C=O) groups is 1. The van der Waals surface area contributed by atoms with Crippen molar-refractivity contribution in [3.05, 3.63) is 52.5 Å². The van der Waals surface area contributed by atoms with Crippen LogP contribution < -0.4 is 4.74 Å². The monoisotopic (exact) mass is 278 g/mol. The van der Waals surface area contributed by atoms with Crippen molar-refractivity contribution in [2.24, 2.45) is 0 Å². The highest BCUT2D eigenvalue weighted by Gasteiger charge is 2.17. The van der Waals surface area contributed by atoms with E-state index in [4.69, 9.17) is 20.8 Å². The van der Waals surface area contributed by atoms with E-state index in [1.165, 1.54) is 0 Å². The predicted molar refractivity (Wildman–Crippen MR) is 74.2 cm³/mol. The summed E-state index contributed by atoms with van der Waals surface area (Å²) in [6, 6.07) is 7.04. The Bertz CT molecular complexity index is 614. The number of ketones is 1. The number of furan rings is 1. The van der Waals surface area contributed by atoms with Gasteiger partial charge in [0, 0.05) is 5.56 Å². The maximum atomic E-state index is 12.4. The molecule has 0 saturated heterocycles. The smallest absolute Gasteiger partial charge is 0.228 e. The van der Waals surface area contributed by atoms with Crippen LogP contribution in [0.5, 0.6) is 5.75 Å². The number of hydrogen-bond donors (Lipinski definition) is 0. The number of halogens is 1. The molecule has 0 bridgehead atoms. The Morgan fingerprint density at radius 3 is 2.58 bits per heavy atom. The number of rotatable bonds is 4. The van der Waals surface area contributed by atoms with Crippen molar-refractivity contribution in [1.29, 1.82) is 0 Å². The predicted octanol–water partition coefficient (Wildman–Crippen LogP) is 3.87. The van der Waals surface area contributed by atoms with E-state index in [0.29, 0.717) is 17.1 Å². The number of carbonyl (C=O) groups excluding carboxylic acids is 1. The SMILES string of the molecule is COc1cc(C)c(C(=O)c2ccc(CCl)o2)cc1C. The lowest BCUT2D eigenvalue weighted by Crippen LogP contribution is -2.04. The standard InChI is InChI=1S/C15H15ClO3/c1-9-7-14(18-3)10(2)6-12(9)15(17)13-5-4-11(8-16)19-13/h4-7H,8H2,1-3H3. The normalized spacial score (nSPS) is 10.5. The van der Waals surface area contributed by atoms with E-state index in [9.17, 15) is 4.79 Å². The molecule has 0 fully saturated rings. The van der Waals surface area contributed by atoms with Crippen LogP contribution in [0, 0.1) is 13.8 Å². The quantitative estimate of drug-likeness (QED) is 0.629. The van der Waals surface area contributed by atoms with E-state index in [1.54, 1.807) is 19.2 Å². The van der Waals surface area contributed by atoms with Crippen molar-refractivity contribution < 1.29 is 13.9 Å². The zero-order valence-corrected chi connectivity index (χ0v) is 11.9. The third kappa shape index (κ3) is 2.66. The van der Waals surface area contributed by atoms with E-state index >= 15 is 0 Å². The fourth-order valence-corrected chi connectivity index (χ4v) is 2.10. The van der Waals surface area contributed by atoms with Gasteiger partial charge in [-0.05, 0) is 49.2 Å². The summed E-state index contributed by atoms with van der Waals surface area (Å²) in [5.74, 6) is 1.79. The Labute approximate surface area is 117 Å². The molecule has 0 N–H and O–H groups in total. The van der Waals surface area contributed by atoms with Gasteiger partial charge in [-0.2, -0.15) is 0 Å². The molecule has 1 heterocycles. The highest BCUT2D eigenvalue weighted by Crippen LogP contribution is 2.25. The summed E-state index contributed by atoms with van der Waals surface area (Å²) in [5.41, 5.74) is 2.39. The molecule has 0 saturated carbocycles. The minimum atomic E-state index is -0.139. The maximum absolute atomic E-state index is 12.4. The molecular weight excluding hydrogens is 264 g/mol. The molecular formula is C15H15ClO3. The lowest BCUT2D eigenvalue weighted by atomic mass is 10.00. The Morgan fingerprint density at radius 1 is 1.26 bits per heavy atom. The molecule has 0 amide bonds. The molecule has 2 aromatic rings. The van der Waals surface area contributed by atoms with Gasteiger partial charge in [0.1, 0.15) is 11.5 Å². The first-order chi connectivity index (χ1) is 9.06. The van der Waals surface area contributed by atoms with Gasteiger partial charge >= 0.3 is 0 Å². The molecule has 0 unspecified atom stereocenters. The fourth-order valence-electron chi connectivity index (χ4n) is 1.96. The van der Waals surface area contributed by atoms with Crippen LogP contribution in [-0.2, 0) is 5.88 Å². The van der Waals surface area contributed by atoms with Crippen molar-refractivity contribution in [2.45, 2.75) is 19.7 Å². The Balaban J connectivity index is 2.41. The van der Waals surface area contributed by atoms with Crippen LogP contribution >= 0.6 is 11.6 Å². The molecule has 2 rings (SSSR count). The van der Waals surface area contributed by atoms with Crippen LogP contribution in [0.4, 0.5) is 0 Å². The van der Waals surface area contributed by atoms with E-state index in [2.05, 4.69) is 0 Å². The lowest BCUT2D eigenvalue weighted by molar-refractivity contribution is 0.101. The first kappa shape index (κ1) is 13.7. The van der Waals surface area contributed by atoms with Crippen molar-refractivity contribution in [2.75, 3.05) is 7.11 Å². The van der Waals surface area contributed by atoms with Gasteiger partial charge in [0.15, 0.2) is 5.76 Å². The lowest BCUT2D eigenvalue weighted by Gasteiger charge is -2.09. The summed E-state index contributed by atoms with van der Waals surface area (Å²) in [5, 5.41) is 0. The molecule has 0 aliphatic rings. The van der Waals surface area contributed by atoms with Crippen LogP contribution in [-0.4, -0.2) is 12.9 Å². The molecule has 0 radical (unpaired) electrons. The number of ether oxygens (including phenoxy) is 1. The Kier molecular flexibility index (Phi) is 3.96. The number of methoxy groups -OCH3 is 1. The van der Waals surface area contributed by atoms with Gasteiger partial charge in [-0.3, -0.25) is 4.79 Å². The first-order valence-corrected chi connectivity index (χ1v) is 6.45. The van der Waals surface area contributed by atoms with Crippen molar-refractivity contribution >= 4 is 17.4 Å². The Hall–Kier alpha value is -1.74. The van der Waals surface area contributed by atoms with Gasteiger partial charge in [-0.1, -0.05) is 0 Å². The second-order valence-corrected chi connectivity index (χ2v) is 4.63. The summed E-state index contributed by atoms with van der Waals surface area (Å²) >= 11 is 5.67. The molecule has 0 aliphatic carbocycles. The van der Waals surface area contributed by atoms with E-state index in [1.807, 2.05) is 26.0 Å². The molecule has 0 atom stereocenters. The van der Waals surface area contributed by atoms with Crippen molar-refractivity contribution in [3.8, 4) is 5.75 Å². The number of hydrogen-bond acceptors (Lipinski definition) is 3. The zero-order chi connectivity index (χ0) is 14.0. The summed E-state index contributed by atoms with van der Waals surface area (Å²) in [7, 11) is 1.61. The minimum Gasteiger partial charge on any atom is -0.496 e. The van der Waals surface area contributed by atoms with Crippen LogP contribution in [0.1, 0.15) is 33.0 Å². The highest BCUT2D eigenvalue weighted by molar-refractivity contribution is 6.17.